The predicted octanol–water partition coefficient (Wildman–Crippen LogP) is 3.18. The first-order valence-electron chi connectivity index (χ1n) is 6.96. The summed E-state index contributed by atoms with van der Waals surface area (Å²) in [6.45, 7) is 8.58. The second kappa shape index (κ2) is 6.53. The van der Waals surface area contributed by atoms with Gasteiger partial charge in [0.2, 0.25) is 0 Å². The summed E-state index contributed by atoms with van der Waals surface area (Å²) in [7, 11) is 0. The van der Waals surface area contributed by atoms with Crippen LogP contribution in [0.15, 0.2) is 42.7 Å². The lowest BCUT2D eigenvalue weighted by Crippen LogP contribution is -2.29. The quantitative estimate of drug-likeness (QED) is 0.861. The van der Waals surface area contributed by atoms with Crippen molar-refractivity contribution in [1.29, 1.82) is 0 Å². The van der Waals surface area contributed by atoms with Gasteiger partial charge >= 0.3 is 0 Å². The van der Waals surface area contributed by atoms with E-state index in [2.05, 4.69) is 61.6 Å². The standard InChI is InChI=1S/C16H23N3/c1-13(2)17-9-14(3)11-19-12-16(10-18-19)15-7-5-4-6-8-15/h4-8,10,12-14,17H,9,11H2,1-3H3. The van der Waals surface area contributed by atoms with E-state index < -0.39 is 0 Å². The SMILES string of the molecule is CC(CNC(C)C)Cn1cc(-c2ccccc2)cn1. The molecule has 1 N–H and O–H groups in total. The van der Waals surface area contributed by atoms with E-state index in [4.69, 9.17) is 0 Å². The minimum Gasteiger partial charge on any atom is -0.314 e. The third-order valence-corrected chi connectivity index (χ3v) is 3.11. The second-order valence-corrected chi connectivity index (χ2v) is 5.49. The molecule has 0 spiro atoms. The summed E-state index contributed by atoms with van der Waals surface area (Å²) in [6.07, 6.45) is 4.07. The highest BCUT2D eigenvalue weighted by atomic mass is 15.3. The molecule has 0 amide bonds. The van der Waals surface area contributed by atoms with Crippen molar-refractivity contribution >= 4 is 0 Å². The maximum Gasteiger partial charge on any atom is 0.0568 e. The first kappa shape index (κ1) is 13.8. The minimum absolute atomic E-state index is 0.542. The van der Waals surface area contributed by atoms with Crippen LogP contribution in [-0.4, -0.2) is 22.4 Å². The van der Waals surface area contributed by atoms with Gasteiger partial charge < -0.3 is 5.32 Å². The Bertz CT molecular complexity index is 488. The number of benzene rings is 1. The van der Waals surface area contributed by atoms with E-state index in [-0.39, 0.29) is 0 Å². The van der Waals surface area contributed by atoms with Crippen molar-refractivity contribution in [3.05, 3.63) is 42.7 Å². The molecular weight excluding hydrogens is 234 g/mol. The molecule has 1 aromatic carbocycles. The van der Waals surface area contributed by atoms with Crippen LogP contribution in [0.4, 0.5) is 0 Å². The third-order valence-electron chi connectivity index (χ3n) is 3.11. The molecule has 3 nitrogen and oxygen atoms in total. The van der Waals surface area contributed by atoms with E-state index in [0.29, 0.717) is 12.0 Å². The summed E-state index contributed by atoms with van der Waals surface area (Å²) in [5.41, 5.74) is 2.41. The molecule has 0 bridgehead atoms. The summed E-state index contributed by atoms with van der Waals surface area (Å²) < 4.78 is 2.04. The number of hydrogen-bond acceptors (Lipinski definition) is 2. The van der Waals surface area contributed by atoms with Crippen molar-refractivity contribution in [3.63, 3.8) is 0 Å². The molecule has 1 heterocycles. The average Bonchev–Trinajstić information content (AvgIpc) is 2.86. The Kier molecular flexibility index (Phi) is 4.74. The average molecular weight is 257 g/mol. The molecule has 1 aromatic heterocycles. The lowest BCUT2D eigenvalue weighted by molar-refractivity contribution is 0.406. The molecule has 0 saturated heterocycles. The molecule has 0 fully saturated rings. The predicted molar refractivity (Wildman–Crippen MR) is 80.0 cm³/mol. The summed E-state index contributed by atoms with van der Waals surface area (Å²) in [6, 6.07) is 10.9. The van der Waals surface area contributed by atoms with Crippen LogP contribution in [0.2, 0.25) is 0 Å². The van der Waals surface area contributed by atoms with E-state index in [1.165, 1.54) is 11.1 Å². The van der Waals surface area contributed by atoms with Gasteiger partial charge in [-0.15, -0.1) is 0 Å². The van der Waals surface area contributed by atoms with E-state index >= 15 is 0 Å². The minimum atomic E-state index is 0.542. The second-order valence-electron chi connectivity index (χ2n) is 5.49. The topological polar surface area (TPSA) is 29.9 Å². The highest BCUT2D eigenvalue weighted by molar-refractivity contribution is 5.61. The number of aromatic nitrogens is 2. The first-order valence-corrected chi connectivity index (χ1v) is 6.96. The zero-order valence-electron chi connectivity index (χ0n) is 12.0. The Morgan fingerprint density at radius 1 is 1.11 bits per heavy atom. The fraction of sp³-hybridized carbons (Fsp3) is 0.438. The number of nitrogens with zero attached hydrogens (tertiary/aromatic N) is 2. The largest absolute Gasteiger partial charge is 0.314 e. The number of nitrogens with one attached hydrogen (secondary N) is 1. The lowest BCUT2D eigenvalue weighted by atomic mass is 10.1. The van der Waals surface area contributed by atoms with E-state index in [1.54, 1.807) is 0 Å². The van der Waals surface area contributed by atoms with Gasteiger partial charge in [-0.05, 0) is 18.0 Å². The molecule has 0 saturated carbocycles. The van der Waals surface area contributed by atoms with Gasteiger partial charge in [-0.25, -0.2) is 0 Å². The molecule has 0 aliphatic heterocycles. The van der Waals surface area contributed by atoms with Crippen LogP contribution in [-0.2, 0) is 6.54 Å². The van der Waals surface area contributed by atoms with Gasteiger partial charge in [0.1, 0.15) is 0 Å². The Balaban J connectivity index is 1.94. The molecule has 3 heteroatoms. The maximum atomic E-state index is 4.45. The molecule has 2 aromatic rings. The van der Waals surface area contributed by atoms with Gasteiger partial charge in [0, 0.05) is 24.3 Å². The van der Waals surface area contributed by atoms with E-state index in [1.807, 2.05) is 16.9 Å². The van der Waals surface area contributed by atoms with Crippen LogP contribution in [0.1, 0.15) is 20.8 Å². The van der Waals surface area contributed by atoms with Crippen LogP contribution in [0.25, 0.3) is 11.1 Å². The summed E-state index contributed by atoms with van der Waals surface area (Å²) >= 11 is 0. The zero-order valence-corrected chi connectivity index (χ0v) is 12.0. The molecule has 19 heavy (non-hydrogen) atoms. The van der Waals surface area contributed by atoms with Gasteiger partial charge in [-0.2, -0.15) is 5.10 Å². The Morgan fingerprint density at radius 2 is 1.84 bits per heavy atom. The zero-order chi connectivity index (χ0) is 13.7. The van der Waals surface area contributed by atoms with Crippen molar-refractivity contribution < 1.29 is 0 Å². The molecule has 102 valence electrons. The third kappa shape index (κ3) is 4.21. The molecular formula is C16H23N3. The normalized spacial score (nSPS) is 12.8. The van der Waals surface area contributed by atoms with Crippen molar-refractivity contribution in [3.8, 4) is 11.1 Å². The summed E-state index contributed by atoms with van der Waals surface area (Å²) in [5, 5.41) is 7.91. The van der Waals surface area contributed by atoms with Gasteiger partial charge in [0.15, 0.2) is 0 Å². The number of rotatable bonds is 6. The summed E-state index contributed by atoms with van der Waals surface area (Å²) in [4.78, 5) is 0. The summed E-state index contributed by atoms with van der Waals surface area (Å²) in [5.74, 6) is 0.575. The highest BCUT2D eigenvalue weighted by Crippen LogP contribution is 2.17. The maximum absolute atomic E-state index is 4.45. The van der Waals surface area contributed by atoms with Gasteiger partial charge in [-0.1, -0.05) is 51.1 Å². The Hall–Kier alpha value is -1.61. The van der Waals surface area contributed by atoms with Crippen molar-refractivity contribution in [2.75, 3.05) is 6.54 Å². The van der Waals surface area contributed by atoms with Gasteiger partial charge in [0.25, 0.3) is 0 Å². The van der Waals surface area contributed by atoms with Crippen LogP contribution < -0.4 is 5.32 Å². The van der Waals surface area contributed by atoms with Crippen LogP contribution in [0.5, 0.6) is 0 Å². The van der Waals surface area contributed by atoms with E-state index in [0.717, 1.165) is 13.1 Å². The van der Waals surface area contributed by atoms with E-state index in [9.17, 15) is 0 Å². The smallest absolute Gasteiger partial charge is 0.0568 e. The molecule has 0 aliphatic rings. The number of hydrogen-bond donors (Lipinski definition) is 1. The molecule has 0 aliphatic carbocycles. The van der Waals surface area contributed by atoms with Gasteiger partial charge in [-0.3, -0.25) is 4.68 Å². The van der Waals surface area contributed by atoms with Crippen LogP contribution >= 0.6 is 0 Å². The molecule has 1 unspecified atom stereocenters. The molecule has 2 rings (SSSR count). The Morgan fingerprint density at radius 3 is 2.53 bits per heavy atom. The molecule has 1 atom stereocenters. The fourth-order valence-corrected chi connectivity index (χ4v) is 2.06. The Labute approximate surface area is 115 Å². The highest BCUT2D eigenvalue weighted by Gasteiger charge is 2.06. The monoisotopic (exact) mass is 257 g/mol. The van der Waals surface area contributed by atoms with Gasteiger partial charge in [0.05, 0.1) is 6.20 Å². The first-order chi connectivity index (χ1) is 9.15. The van der Waals surface area contributed by atoms with Crippen molar-refractivity contribution in [2.45, 2.75) is 33.4 Å². The molecule has 0 radical (unpaired) electrons. The lowest BCUT2D eigenvalue weighted by Gasteiger charge is -2.14. The van der Waals surface area contributed by atoms with Crippen molar-refractivity contribution in [2.24, 2.45) is 5.92 Å². The van der Waals surface area contributed by atoms with Crippen LogP contribution in [0.3, 0.4) is 0 Å². The van der Waals surface area contributed by atoms with Crippen LogP contribution in [0, 0.1) is 5.92 Å². The fourth-order valence-electron chi connectivity index (χ4n) is 2.06. The van der Waals surface area contributed by atoms with Crippen molar-refractivity contribution in [1.82, 2.24) is 15.1 Å².